The number of nitrogens with one attached hydrogen (secondary N) is 1. The van der Waals surface area contributed by atoms with Gasteiger partial charge in [0, 0.05) is 43.1 Å². The van der Waals surface area contributed by atoms with Crippen LogP contribution in [0.3, 0.4) is 0 Å². The van der Waals surface area contributed by atoms with E-state index in [2.05, 4.69) is 32.2 Å². The molecule has 1 aromatic rings. The maximum absolute atomic E-state index is 12.3. The molecule has 0 radical (unpaired) electrons. The van der Waals surface area contributed by atoms with Crippen molar-refractivity contribution in [3.8, 4) is 0 Å². The van der Waals surface area contributed by atoms with E-state index >= 15 is 0 Å². The van der Waals surface area contributed by atoms with Crippen molar-refractivity contribution in [3.63, 3.8) is 0 Å². The van der Waals surface area contributed by atoms with Crippen molar-refractivity contribution >= 4 is 11.6 Å². The summed E-state index contributed by atoms with van der Waals surface area (Å²) in [6.07, 6.45) is 7.49. The van der Waals surface area contributed by atoms with Crippen LogP contribution in [-0.2, 0) is 4.79 Å². The molecule has 2 fully saturated rings. The lowest BCUT2D eigenvalue weighted by Gasteiger charge is -2.33. The third kappa shape index (κ3) is 4.69. The van der Waals surface area contributed by atoms with E-state index in [9.17, 15) is 4.79 Å². The number of hydrogen-bond acceptors (Lipinski definition) is 4. The lowest BCUT2D eigenvalue weighted by molar-refractivity contribution is -0.125. The number of piperidine rings is 1. The highest BCUT2D eigenvalue weighted by molar-refractivity contribution is 5.79. The third-order valence-corrected chi connectivity index (χ3v) is 5.26. The summed E-state index contributed by atoms with van der Waals surface area (Å²) in [6.45, 7) is 8.34. The fraction of sp³-hybridized carbons (Fsp3) is 0.684. The first-order chi connectivity index (χ1) is 11.7. The molecule has 0 saturated carbocycles. The molecule has 2 aliphatic rings. The number of pyridine rings is 1. The van der Waals surface area contributed by atoms with Crippen LogP contribution in [0.4, 0.5) is 5.69 Å². The highest BCUT2D eigenvalue weighted by Crippen LogP contribution is 2.23. The number of rotatable bonds is 6. The molecule has 0 bridgehead atoms. The molecule has 24 heavy (non-hydrogen) atoms. The maximum Gasteiger partial charge on any atom is 0.223 e. The molecule has 3 heterocycles. The van der Waals surface area contributed by atoms with Gasteiger partial charge < -0.3 is 15.1 Å². The van der Waals surface area contributed by atoms with E-state index in [1.807, 2.05) is 13.1 Å². The van der Waals surface area contributed by atoms with Gasteiger partial charge in [0.05, 0.1) is 0 Å². The Morgan fingerprint density at radius 2 is 2.00 bits per heavy atom. The second kappa shape index (κ2) is 8.47. The van der Waals surface area contributed by atoms with Crippen molar-refractivity contribution in [2.75, 3.05) is 44.2 Å². The first-order valence-electron chi connectivity index (χ1n) is 9.40. The summed E-state index contributed by atoms with van der Waals surface area (Å²) in [5, 5.41) is 3.15. The van der Waals surface area contributed by atoms with Crippen molar-refractivity contribution in [2.24, 2.45) is 5.92 Å². The smallest absolute Gasteiger partial charge is 0.223 e. The molecule has 0 unspecified atom stereocenters. The van der Waals surface area contributed by atoms with Crippen LogP contribution in [0.15, 0.2) is 18.3 Å². The Kier molecular flexibility index (Phi) is 6.07. The van der Waals surface area contributed by atoms with Gasteiger partial charge in [0.1, 0.15) is 0 Å². The number of nitrogens with zero attached hydrogens (tertiary/aromatic N) is 3. The van der Waals surface area contributed by atoms with Crippen LogP contribution >= 0.6 is 0 Å². The topological polar surface area (TPSA) is 48.5 Å². The van der Waals surface area contributed by atoms with E-state index in [0.29, 0.717) is 0 Å². The second-order valence-corrected chi connectivity index (χ2v) is 7.11. The SMILES string of the molecule is Cc1cc(N2CCC(C(=O)NCCCN3CCCC3)CC2)ccn1. The Balaban J connectivity index is 1.35. The van der Waals surface area contributed by atoms with Gasteiger partial charge in [-0.2, -0.15) is 0 Å². The number of aromatic nitrogens is 1. The molecule has 0 atom stereocenters. The third-order valence-electron chi connectivity index (χ3n) is 5.26. The van der Waals surface area contributed by atoms with Crippen LogP contribution < -0.4 is 10.2 Å². The van der Waals surface area contributed by atoms with Crippen LogP contribution in [0.1, 0.15) is 37.8 Å². The highest BCUT2D eigenvalue weighted by Gasteiger charge is 2.25. The molecular formula is C19H30N4O. The largest absolute Gasteiger partial charge is 0.371 e. The van der Waals surface area contributed by atoms with Crippen LogP contribution in [0, 0.1) is 12.8 Å². The number of carbonyl (C=O) groups excluding carboxylic acids is 1. The number of likely N-dealkylation sites (tertiary alicyclic amines) is 1. The van der Waals surface area contributed by atoms with E-state index in [1.165, 1.54) is 31.6 Å². The molecule has 5 heteroatoms. The maximum atomic E-state index is 12.3. The summed E-state index contributed by atoms with van der Waals surface area (Å²) in [5.41, 5.74) is 2.28. The Hall–Kier alpha value is -1.62. The Bertz CT molecular complexity index is 534. The normalized spacial score (nSPS) is 19.6. The molecule has 0 spiro atoms. The monoisotopic (exact) mass is 330 g/mol. The van der Waals surface area contributed by atoms with Gasteiger partial charge in [-0.1, -0.05) is 0 Å². The minimum absolute atomic E-state index is 0.177. The number of hydrogen-bond donors (Lipinski definition) is 1. The zero-order valence-corrected chi connectivity index (χ0v) is 14.8. The molecule has 2 saturated heterocycles. The fourth-order valence-electron chi connectivity index (χ4n) is 3.79. The van der Waals surface area contributed by atoms with Gasteiger partial charge in [-0.15, -0.1) is 0 Å². The molecule has 1 N–H and O–H groups in total. The molecule has 0 aliphatic carbocycles. The summed E-state index contributed by atoms with van der Waals surface area (Å²) in [4.78, 5) is 21.5. The standard InChI is InChI=1S/C19H30N4O/c1-16-15-18(5-9-20-16)23-13-6-17(7-14-23)19(24)21-8-4-12-22-10-2-3-11-22/h5,9,15,17H,2-4,6-8,10-14H2,1H3,(H,21,24). The summed E-state index contributed by atoms with van der Waals surface area (Å²) >= 11 is 0. The quantitative estimate of drug-likeness (QED) is 0.813. The van der Waals surface area contributed by atoms with Gasteiger partial charge in [0.2, 0.25) is 5.91 Å². The molecule has 2 aliphatic heterocycles. The van der Waals surface area contributed by atoms with Gasteiger partial charge >= 0.3 is 0 Å². The van der Waals surface area contributed by atoms with E-state index in [1.54, 1.807) is 0 Å². The Morgan fingerprint density at radius 3 is 2.71 bits per heavy atom. The van der Waals surface area contributed by atoms with Gasteiger partial charge in [0.15, 0.2) is 0 Å². The van der Waals surface area contributed by atoms with Crippen LogP contribution in [-0.4, -0.2) is 55.1 Å². The van der Waals surface area contributed by atoms with Crippen molar-refractivity contribution in [1.82, 2.24) is 15.2 Å². The van der Waals surface area contributed by atoms with Gasteiger partial charge in [0.25, 0.3) is 0 Å². The van der Waals surface area contributed by atoms with E-state index in [-0.39, 0.29) is 11.8 Å². The minimum Gasteiger partial charge on any atom is -0.371 e. The predicted octanol–water partition coefficient (Wildman–Crippen LogP) is 2.21. The van der Waals surface area contributed by atoms with E-state index < -0.39 is 0 Å². The molecule has 3 rings (SSSR count). The number of carbonyl (C=O) groups is 1. The lowest BCUT2D eigenvalue weighted by Crippen LogP contribution is -2.41. The average Bonchev–Trinajstić information content (AvgIpc) is 3.12. The Morgan fingerprint density at radius 1 is 1.25 bits per heavy atom. The predicted molar refractivity (Wildman–Crippen MR) is 97.2 cm³/mol. The first kappa shape index (κ1) is 17.2. The zero-order valence-electron chi connectivity index (χ0n) is 14.8. The number of anilines is 1. The van der Waals surface area contributed by atoms with Gasteiger partial charge in [-0.3, -0.25) is 9.78 Å². The Labute approximate surface area is 145 Å². The zero-order chi connectivity index (χ0) is 16.8. The average molecular weight is 330 g/mol. The highest BCUT2D eigenvalue weighted by atomic mass is 16.1. The number of amides is 1. The number of aryl methyl sites for hydroxylation is 1. The first-order valence-corrected chi connectivity index (χ1v) is 9.40. The second-order valence-electron chi connectivity index (χ2n) is 7.11. The summed E-state index contributed by atoms with van der Waals surface area (Å²) in [5.74, 6) is 0.429. The van der Waals surface area contributed by atoms with Crippen LogP contribution in [0.25, 0.3) is 0 Å². The van der Waals surface area contributed by atoms with E-state index in [4.69, 9.17) is 0 Å². The van der Waals surface area contributed by atoms with Crippen molar-refractivity contribution < 1.29 is 4.79 Å². The lowest BCUT2D eigenvalue weighted by atomic mass is 9.95. The summed E-state index contributed by atoms with van der Waals surface area (Å²) in [6, 6.07) is 4.19. The summed E-state index contributed by atoms with van der Waals surface area (Å²) < 4.78 is 0. The van der Waals surface area contributed by atoms with Crippen LogP contribution in [0.5, 0.6) is 0 Å². The van der Waals surface area contributed by atoms with Crippen molar-refractivity contribution in [2.45, 2.75) is 39.0 Å². The van der Waals surface area contributed by atoms with Crippen molar-refractivity contribution in [3.05, 3.63) is 24.0 Å². The van der Waals surface area contributed by atoms with Crippen LogP contribution in [0.2, 0.25) is 0 Å². The van der Waals surface area contributed by atoms with Gasteiger partial charge in [-0.05, 0) is 70.8 Å². The van der Waals surface area contributed by atoms with Crippen molar-refractivity contribution in [1.29, 1.82) is 0 Å². The molecule has 0 aromatic carbocycles. The molecule has 1 aromatic heterocycles. The molecule has 132 valence electrons. The summed E-state index contributed by atoms with van der Waals surface area (Å²) in [7, 11) is 0. The van der Waals surface area contributed by atoms with E-state index in [0.717, 1.165) is 51.1 Å². The molecule has 5 nitrogen and oxygen atoms in total. The van der Waals surface area contributed by atoms with Gasteiger partial charge in [-0.25, -0.2) is 0 Å². The minimum atomic E-state index is 0.177. The molecule has 1 amide bonds. The fourth-order valence-corrected chi connectivity index (χ4v) is 3.79. The molecular weight excluding hydrogens is 300 g/mol.